The van der Waals surface area contributed by atoms with E-state index >= 15 is 0 Å². The molecule has 0 saturated carbocycles. The Morgan fingerprint density at radius 3 is 2.39 bits per heavy atom. The van der Waals surface area contributed by atoms with Crippen molar-refractivity contribution in [1.82, 2.24) is 15.5 Å². The number of nitrogens with one attached hydrogen (secondary N) is 3. The number of hydrogen-bond donors (Lipinski definition) is 5. The lowest BCUT2D eigenvalue weighted by molar-refractivity contribution is -0.116. The molecule has 0 atom stereocenters. The quantitative estimate of drug-likeness (QED) is 0.314. The van der Waals surface area contributed by atoms with Crippen LogP contribution in [0.1, 0.15) is 51.6 Å². The van der Waals surface area contributed by atoms with Gasteiger partial charge in [0, 0.05) is 23.7 Å². The summed E-state index contributed by atoms with van der Waals surface area (Å²) in [6.45, 7) is 9.63. The molecule has 2 rings (SSSR count). The Morgan fingerprint density at radius 2 is 1.90 bits per heavy atom. The molecule has 7 N–H and O–H groups in total. The van der Waals surface area contributed by atoms with E-state index in [4.69, 9.17) is 21.4 Å². The first-order chi connectivity index (χ1) is 14.4. The summed E-state index contributed by atoms with van der Waals surface area (Å²) in [4.78, 5) is 28.3. The van der Waals surface area contributed by atoms with Gasteiger partial charge in [0.15, 0.2) is 5.82 Å². The van der Waals surface area contributed by atoms with Gasteiger partial charge in [-0.05, 0) is 25.5 Å². The van der Waals surface area contributed by atoms with Crippen LogP contribution in [0.25, 0.3) is 0 Å². The van der Waals surface area contributed by atoms with Crippen LogP contribution in [0.5, 0.6) is 0 Å². The van der Waals surface area contributed by atoms with Crippen LogP contribution in [0, 0.1) is 5.41 Å². The number of nitrogens with two attached hydrogens (primary N) is 2. The molecule has 0 saturated heterocycles. The van der Waals surface area contributed by atoms with E-state index in [1.165, 1.54) is 12.3 Å². The fourth-order valence-corrected chi connectivity index (χ4v) is 2.64. The zero-order valence-electron chi connectivity index (χ0n) is 18.4. The molecule has 2 heterocycles. The average Bonchev–Trinajstić information content (AvgIpc) is 3.10. The van der Waals surface area contributed by atoms with Crippen molar-refractivity contribution in [2.24, 2.45) is 11.5 Å². The molecule has 2 aromatic heterocycles. The number of primary amides is 1. The van der Waals surface area contributed by atoms with Gasteiger partial charge in [-0.2, -0.15) is 0 Å². The number of anilines is 1. The van der Waals surface area contributed by atoms with Crippen LogP contribution >= 0.6 is 0 Å². The van der Waals surface area contributed by atoms with Crippen molar-refractivity contribution in [3.8, 4) is 0 Å². The second-order valence-corrected chi connectivity index (χ2v) is 8.43. The van der Waals surface area contributed by atoms with Crippen molar-refractivity contribution < 1.29 is 14.1 Å². The molecule has 0 aromatic carbocycles. The third-order valence-electron chi connectivity index (χ3n) is 4.17. The Morgan fingerprint density at radius 1 is 1.23 bits per heavy atom. The normalized spacial score (nSPS) is 12.3. The van der Waals surface area contributed by atoms with Crippen LogP contribution in [0.15, 0.2) is 40.3 Å². The zero-order valence-corrected chi connectivity index (χ0v) is 18.4. The monoisotopic (exact) mass is 427 g/mol. The van der Waals surface area contributed by atoms with Gasteiger partial charge < -0.3 is 26.6 Å². The molecule has 31 heavy (non-hydrogen) atoms. The number of hydrogen-bond acceptors (Lipinski definition) is 8. The molecule has 0 unspecified atom stereocenters. The maximum absolute atomic E-state index is 12.3. The minimum Gasteiger partial charge on any atom is -0.385 e. The van der Waals surface area contributed by atoms with E-state index in [2.05, 4.69) is 20.8 Å². The molecular formula is C21H29N7O3. The number of amides is 2. The molecule has 0 aliphatic rings. The SMILES string of the molecule is CC(C)N/C(N)=C(\C(=N)c1ccc(CC(=O)Nc2cc(C(C)(C)C)on2)cn1)C(N)=O. The maximum atomic E-state index is 12.3. The summed E-state index contributed by atoms with van der Waals surface area (Å²) in [5.41, 5.74) is 11.5. The van der Waals surface area contributed by atoms with Crippen LogP contribution in [0.3, 0.4) is 0 Å². The smallest absolute Gasteiger partial charge is 0.254 e. The lowest BCUT2D eigenvalue weighted by atomic mass is 9.93. The average molecular weight is 428 g/mol. The van der Waals surface area contributed by atoms with Gasteiger partial charge in [-0.15, -0.1) is 0 Å². The van der Waals surface area contributed by atoms with Crippen molar-refractivity contribution in [3.05, 3.63) is 52.8 Å². The molecule has 0 radical (unpaired) electrons. The Hall–Kier alpha value is -3.69. The number of aromatic nitrogens is 2. The summed E-state index contributed by atoms with van der Waals surface area (Å²) in [5.74, 6) is -0.105. The van der Waals surface area contributed by atoms with Crippen LogP contribution in [-0.2, 0) is 21.4 Å². The molecule has 0 fully saturated rings. The predicted molar refractivity (Wildman–Crippen MR) is 117 cm³/mol. The van der Waals surface area contributed by atoms with Crippen molar-refractivity contribution in [2.45, 2.75) is 52.5 Å². The number of carbonyl (C=O) groups excluding carboxylic acids is 2. The standard InChI is InChI=1S/C21H29N7O3/c1-11(2)26-19(23)17(20(24)30)18(22)13-7-6-12(10-25-13)8-16(29)27-15-9-14(31-28-15)21(3,4)5/h6-7,9-11,22,26H,8,23H2,1-5H3,(H2,24,30)(H,27,28,29)/b19-17+,22-18?. The van der Waals surface area contributed by atoms with Gasteiger partial charge in [0.25, 0.3) is 5.91 Å². The number of rotatable bonds is 8. The summed E-state index contributed by atoms with van der Waals surface area (Å²) >= 11 is 0. The third kappa shape index (κ3) is 6.39. The highest BCUT2D eigenvalue weighted by molar-refractivity contribution is 6.26. The van der Waals surface area contributed by atoms with Gasteiger partial charge in [-0.3, -0.25) is 20.0 Å². The van der Waals surface area contributed by atoms with Crippen molar-refractivity contribution in [2.75, 3.05) is 5.32 Å². The molecule has 10 heteroatoms. The Labute approximate surface area is 181 Å². The largest absolute Gasteiger partial charge is 0.385 e. The summed E-state index contributed by atoms with van der Waals surface area (Å²) in [6.07, 6.45) is 1.51. The number of carbonyl (C=O) groups is 2. The Kier molecular flexibility index (Phi) is 7.16. The fourth-order valence-electron chi connectivity index (χ4n) is 2.64. The van der Waals surface area contributed by atoms with Crippen LogP contribution in [0.4, 0.5) is 5.82 Å². The lowest BCUT2D eigenvalue weighted by Gasteiger charge is -2.14. The molecule has 10 nitrogen and oxygen atoms in total. The van der Waals surface area contributed by atoms with Gasteiger partial charge in [0.2, 0.25) is 5.91 Å². The summed E-state index contributed by atoms with van der Waals surface area (Å²) in [6, 6.07) is 4.82. The highest BCUT2D eigenvalue weighted by Gasteiger charge is 2.21. The van der Waals surface area contributed by atoms with Gasteiger partial charge >= 0.3 is 0 Å². The summed E-state index contributed by atoms with van der Waals surface area (Å²) in [7, 11) is 0. The van der Waals surface area contributed by atoms with Crippen LogP contribution in [-0.4, -0.2) is 33.7 Å². The summed E-state index contributed by atoms with van der Waals surface area (Å²) in [5, 5.41) is 17.7. The first kappa shape index (κ1) is 23.6. The topological polar surface area (TPSA) is 173 Å². The molecule has 166 valence electrons. The number of nitrogens with zero attached hydrogens (tertiary/aromatic N) is 2. The van der Waals surface area contributed by atoms with Gasteiger partial charge in [0.05, 0.1) is 17.8 Å². The van der Waals surface area contributed by atoms with E-state index in [0.29, 0.717) is 17.1 Å². The third-order valence-corrected chi connectivity index (χ3v) is 4.17. The van der Waals surface area contributed by atoms with E-state index in [1.54, 1.807) is 12.1 Å². The second-order valence-electron chi connectivity index (χ2n) is 8.43. The molecule has 2 amide bonds. The van der Waals surface area contributed by atoms with E-state index in [9.17, 15) is 9.59 Å². The van der Waals surface area contributed by atoms with Gasteiger partial charge in [-0.25, -0.2) is 0 Å². The maximum Gasteiger partial charge on any atom is 0.254 e. The van der Waals surface area contributed by atoms with E-state index < -0.39 is 5.91 Å². The van der Waals surface area contributed by atoms with E-state index in [-0.39, 0.29) is 46.6 Å². The van der Waals surface area contributed by atoms with Crippen molar-refractivity contribution in [1.29, 1.82) is 5.41 Å². The molecule has 0 bridgehead atoms. The van der Waals surface area contributed by atoms with Gasteiger partial charge in [0.1, 0.15) is 17.2 Å². The minimum absolute atomic E-state index is 0.0139. The predicted octanol–water partition coefficient (Wildman–Crippen LogP) is 1.57. The zero-order chi connectivity index (χ0) is 23.3. The number of pyridine rings is 1. The van der Waals surface area contributed by atoms with Crippen LogP contribution in [0.2, 0.25) is 0 Å². The molecular weight excluding hydrogens is 398 g/mol. The molecule has 2 aromatic rings. The fraction of sp³-hybridized carbons (Fsp3) is 0.381. The van der Waals surface area contributed by atoms with Crippen molar-refractivity contribution in [3.63, 3.8) is 0 Å². The lowest BCUT2D eigenvalue weighted by Crippen LogP contribution is -2.34. The molecule has 0 aliphatic heterocycles. The second kappa shape index (κ2) is 9.41. The Balaban J connectivity index is 2.09. The van der Waals surface area contributed by atoms with E-state index in [1.807, 2.05) is 34.6 Å². The van der Waals surface area contributed by atoms with Crippen molar-refractivity contribution >= 4 is 23.3 Å². The minimum atomic E-state index is -0.830. The highest BCUT2D eigenvalue weighted by Crippen LogP contribution is 2.24. The van der Waals surface area contributed by atoms with Crippen LogP contribution < -0.4 is 22.1 Å². The summed E-state index contributed by atoms with van der Waals surface area (Å²) < 4.78 is 5.25. The molecule has 0 spiro atoms. The van der Waals surface area contributed by atoms with E-state index in [0.717, 1.165) is 0 Å². The van der Waals surface area contributed by atoms with Gasteiger partial charge in [-0.1, -0.05) is 32.0 Å². The Bertz CT molecular complexity index is 999. The highest BCUT2D eigenvalue weighted by atomic mass is 16.5. The first-order valence-corrected chi connectivity index (χ1v) is 9.75. The first-order valence-electron chi connectivity index (χ1n) is 9.75. The molecule has 0 aliphatic carbocycles.